The van der Waals surface area contributed by atoms with Gasteiger partial charge in [-0.25, -0.2) is 0 Å². The largest absolute Gasteiger partial charge is 0.493 e. The molecule has 0 aliphatic carbocycles. The number of methoxy groups -OCH3 is 1. The van der Waals surface area contributed by atoms with Crippen LogP contribution >= 0.6 is 11.8 Å². The fourth-order valence-corrected chi connectivity index (χ4v) is 3.64. The molecule has 0 atom stereocenters. The number of ketones is 1. The summed E-state index contributed by atoms with van der Waals surface area (Å²) in [6.07, 6.45) is 3.22. The predicted molar refractivity (Wildman–Crippen MR) is 117 cm³/mol. The average molecular weight is 423 g/mol. The monoisotopic (exact) mass is 423 g/mol. The first kappa shape index (κ1) is 21.4. The van der Waals surface area contributed by atoms with E-state index < -0.39 is 11.1 Å². The lowest BCUT2D eigenvalue weighted by Crippen LogP contribution is -2.33. The van der Waals surface area contributed by atoms with E-state index in [0.717, 1.165) is 22.2 Å². The molecule has 1 heterocycles. The second-order valence-corrected chi connectivity index (χ2v) is 7.56. The predicted octanol–water partition coefficient (Wildman–Crippen LogP) is 4.49. The number of carbonyl (C=O) groups excluding carboxylic acids is 3. The first-order valence-electron chi connectivity index (χ1n) is 9.20. The van der Waals surface area contributed by atoms with Crippen molar-refractivity contribution < 1.29 is 23.9 Å². The van der Waals surface area contributed by atoms with Crippen LogP contribution in [-0.4, -0.2) is 42.1 Å². The summed E-state index contributed by atoms with van der Waals surface area (Å²) >= 11 is 0.809. The van der Waals surface area contributed by atoms with Crippen LogP contribution in [-0.2, 0) is 4.79 Å². The van der Waals surface area contributed by atoms with Crippen molar-refractivity contribution in [2.75, 3.05) is 20.3 Å². The highest BCUT2D eigenvalue weighted by atomic mass is 32.2. The molecule has 0 spiro atoms. The van der Waals surface area contributed by atoms with Gasteiger partial charge in [0.05, 0.1) is 18.6 Å². The molecule has 7 heteroatoms. The fraction of sp³-hybridized carbons (Fsp3) is 0.174. The van der Waals surface area contributed by atoms with Crippen LogP contribution in [0.2, 0.25) is 0 Å². The first-order valence-corrected chi connectivity index (χ1v) is 10.0. The summed E-state index contributed by atoms with van der Waals surface area (Å²) in [4.78, 5) is 38.7. The number of Topliss-reactive ketones (excluding diaryl/α,β-unsaturated/α-hetero) is 1. The van der Waals surface area contributed by atoms with Gasteiger partial charge in [-0.2, -0.15) is 0 Å². The van der Waals surface area contributed by atoms with E-state index in [1.807, 2.05) is 19.1 Å². The summed E-state index contributed by atoms with van der Waals surface area (Å²) < 4.78 is 10.8. The maximum Gasteiger partial charge on any atom is 0.293 e. The molecule has 6 nitrogen and oxygen atoms in total. The molecule has 30 heavy (non-hydrogen) atoms. The maximum atomic E-state index is 12.7. The molecule has 0 aromatic heterocycles. The van der Waals surface area contributed by atoms with Crippen molar-refractivity contribution in [3.8, 4) is 11.5 Å². The molecule has 3 rings (SSSR count). The number of thioether (sulfide) groups is 1. The highest BCUT2D eigenvalue weighted by molar-refractivity contribution is 8.18. The van der Waals surface area contributed by atoms with Crippen molar-refractivity contribution in [2.45, 2.75) is 6.92 Å². The van der Waals surface area contributed by atoms with Crippen molar-refractivity contribution >= 4 is 34.8 Å². The molecule has 2 amide bonds. The highest BCUT2D eigenvalue weighted by Crippen LogP contribution is 2.34. The molecular formula is C23H21NO5S. The summed E-state index contributed by atoms with van der Waals surface area (Å²) in [6.45, 7) is 5.57. The van der Waals surface area contributed by atoms with Gasteiger partial charge in [-0.15, -0.1) is 0 Å². The summed E-state index contributed by atoms with van der Waals surface area (Å²) in [5, 5.41) is -0.468. The molecule has 0 radical (unpaired) electrons. The van der Waals surface area contributed by atoms with Crippen LogP contribution in [0.5, 0.6) is 11.5 Å². The Kier molecular flexibility index (Phi) is 6.74. The molecule has 0 unspecified atom stereocenters. The number of ether oxygens (including phenoxy) is 2. The van der Waals surface area contributed by atoms with Crippen molar-refractivity contribution in [3.63, 3.8) is 0 Å². The van der Waals surface area contributed by atoms with Crippen LogP contribution < -0.4 is 9.47 Å². The number of rotatable bonds is 8. The molecule has 1 saturated heterocycles. The minimum atomic E-state index is -0.489. The highest BCUT2D eigenvalue weighted by Gasteiger charge is 2.36. The van der Waals surface area contributed by atoms with Crippen LogP contribution in [0.4, 0.5) is 4.79 Å². The van der Waals surface area contributed by atoms with E-state index >= 15 is 0 Å². The molecule has 154 valence electrons. The molecule has 2 aromatic rings. The maximum absolute atomic E-state index is 12.7. The van der Waals surface area contributed by atoms with Crippen LogP contribution in [0.1, 0.15) is 21.5 Å². The van der Waals surface area contributed by atoms with Gasteiger partial charge in [-0.3, -0.25) is 19.3 Å². The molecule has 1 aliphatic heterocycles. The van der Waals surface area contributed by atoms with Gasteiger partial charge in [-0.1, -0.05) is 48.6 Å². The van der Waals surface area contributed by atoms with E-state index in [4.69, 9.17) is 9.47 Å². The van der Waals surface area contributed by atoms with E-state index in [2.05, 4.69) is 6.58 Å². The van der Waals surface area contributed by atoms with Gasteiger partial charge in [0.25, 0.3) is 11.1 Å². The van der Waals surface area contributed by atoms with Crippen LogP contribution in [0.15, 0.2) is 60.0 Å². The van der Waals surface area contributed by atoms with Crippen LogP contribution in [0.3, 0.4) is 0 Å². The van der Waals surface area contributed by atoms with Crippen molar-refractivity contribution in [2.24, 2.45) is 0 Å². The Morgan fingerprint density at radius 2 is 1.87 bits per heavy atom. The Balaban J connectivity index is 1.76. The third kappa shape index (κ3) is 4.80. The van der Waals surface area contributed by atoms with Crippen molar-refractivity contribution in [1.82, 2.24) is 4.90 Å². The van der Waals surface area contributed by atoms with Crippen LogP contribution in [0.25, 0.3) is 6.08 Å². The van der Waals surface area contributed by atoms with Crippen molar-refractivity contribution in [1.29, 1.82) is 0 Å². The standard InChI is InChI=1S/C23H21NO5S/c1-4-11-29-19-10-7-16(12-20(19)28-3)13-21-22(26)24(23(27)30-21)14-18(25)17-8-5-15(2)6-9-17/h4-10,12-13H,1,11,14H2,2-3H3. The zero-order chi connectivity index (χ0) is 21.7. The van der Waals surface area contributed by atoms with Gasteiger partial charge in [0, 0.05) is 5.56 Å². The molecule has 1 aliphatic rings. The quantitative estimate of drug-likeness (QED) is 0.354. The van der Waals surface area contributed by atoms with Crippen LogP contribution in [0, 0.1) is 6.92 Å². The summed E-state index contributed by atoms with van der Waals surface area (Å²) in [5.74, 6) is 0.270. The van der Waals surface area contributed by atoms with Gasteiger partial charge >= 0.3 is 0 Å². The normalized spacial score (nSPS) is 14.9. The Hall–Kier alpha value is -3.32. The molecule has 0 N–H and O–H groups in total. The number of hydrogen-bond donors (Lipinski definition) is 0. The molecular weight excluding hydrogens is 402 g/mol. The molecule has 1 fully saturated rings. The lowest BCUT2D eigenvalue weighted by molar-refractivity contribution is -0.122. The number of hydrogen-bond acceptors (Lipinski definition) is 6. The van der Waals surface area contributed by atoms with Gasteiger partial charge < -0.3 is 9.47 Å². The van der Waals surface area contributed by atoms with Gasteiger partial charge in [0.2, 0.25) is 0 Å². The smallest absolute Gasteiger partial charge is 0.293 e. The molecule has 0 bridgehead atoms. The average Bonchev–Trinajstić information content (AvgIpc) is 3.00. The van der Waals surface area contributed by atoms with E-state index in [9.17, 15) is 14.4 Å². The first-order chi connectivity index (χ1) is 14.4. The topological polar surface area (TPSA) is 72.9 Å². The lowest BCUT2D eigenvalue weighted by Gasteiger charge is -2.11. The Labute approximate surface area is 179 Å². The van der Waals surface area contributed by atoms with Crippen molar-refractivity contribution in [3.05, 3.63) is 76.7 Å². The Morgan fingerprint density at radius 1 is 1.13 bits per heavy atom. The van der Waals surface area contributed by atoms with E-state index in [1.165, 1.54) is 7.11 Å². The minimum Gasteiger partial charge on any atom is -0.493 e. The summed E-state index contributed by atoms with van der Waals surface area (Å²) in [7, 11) is 1.52. The van der Waals surface area contributed by atoms with Gasteiger partial charge in [0.1, 0.15) is 6.61 Å². The third-order valence-electron chi connectivity index (χ3n) is 4.39. The number of aryl methyl sites for hydroxylation is 1. The van der Waals surface area contributed by atoms with E-state index in [0.29, 0.717) is 29.2 Å². The zero-order valence-corrected chi connectivity index (χ0v) is 17.5. The third-order valence-corrected chi connectivity index (χ3v) is 5.30. The molecule has 2 aromatic carbocycles. The Morgan fingerprint density at radius 3 is 2.53 bits per heavy atom. The fourth-order valence-electron chi connectivity index (χ4n) is 2.80. The van der Waals surface area contributed by atoms with E-state index in [-0.39, 0.29) is 17.2 Å². The van der Waals surface area contributed by atoms with E-state index in [1.54, 1.807) is 42.5 Å². The molecule has 0 saturated carbocycles. The number of amides is 2. The zero-order valence-electron chi connectivity index (χ0n) is 16.7. The summed E-state index contributed by atoms with van der Waals surface area (Å²) in [5.41, 5.74) is 2.16. The lowest BCUT2D eigenvalue weighted by atomic mass is 10.1. The van der Waals surface area contributed by atoms with Gasteiger partial charge in [0.15, 0.2) is 17.3 Å². The Bertz CT molecular complexity index is 1030. The number of benzene rings is 2. The second kappa shape index (κ2) is 9.45. The second-order valence-electron chi connectivity index (χ2n) is 6.57. The van der Waals surface area contributed by atoms with Gasteiger partial charge in [-0.05, 0) is 42.5 Å². The number of imide groups is 1. The SMILES string of the molecule is C=CCOc1ccc(C=C2SC(=O)N(CC(=O)c3ccc(C)cc3)C2=O)cc1OC. The minimum absolute atomic E-state index is 0.249. The number of carbonyl (C=O) groups is 3. The summed E-state index contributed by atoms with van der Waals surface area (Å²) in [6, 6.07) is 12.2. The number of nitrogens with zero attached hydrogens (tertiary/aromatic N) is 1.